The van der Waals surface area contributed by atoms with Crippen LogP contribution in [0.3, 0.4) is 0 Å². The van der Waals surface area contributed by atoms with E-state index in [0.717, 1.165) is 96.6 Å². The zero-order valence-corrected chi connectivity index (χ0v) is 41.3. The average molecular weight is 875 g/mol. The number of carbonyl (C=O) groups is 3. The monoisotopic (exact) mass is 875 g/mol. The molecule has 1 saturated heterocycles. The van der Waals surface area contributed by atoms with Crippen molar-refractivity contribution in [2.75, 3.05) is 45.9 Å². The van der Waals surface area contributed by atoms with Crippen LogP contribution in [0.1, 0.15) is 258 Å². The maximum atomic E-state index is 12.8. The van der Waals surface area contributed by atoms with Gasteiger partial charge in [-0.25, -0.2) is 0 Å². The summed E-state index contributed by atoms with van der Waals surface area (Å²) >= 11 is 0. The van der Waals surface area contributed by atoms with Gasteiger partial charge in [0.05, 0.1) is 13.2 Å². The van der Waals surface area contributed by atoms with Crippen molar-refractivity contribution in [2.45, 2.75) is 264 Å². The van der Waals surface area contributed by atoms with Crippen LogP contribution in [0.4, 0.5) is 0 Å². The second-order valence-electron chi connectivity index (χ2n) is 18.8. The molecule has 1 atom stereocenters. The fraction of sp³-hybridized carbons (Fsp3) is 0.907. The highest BCUT2D eigenvalue weighted by Gasteiger charge is 2.17. The van der Waals surface area contributed by atoms with Crippen molar-refractivity contribution < 1.29 is 28.6 Å². The van der Waals surface area contributed by atoms with Crippen LogP contribution in [0, 0.1) is 5.92 Å². The maximum absolute atomic E-state index is 12.8. The van der Waals surface area contributed by atoms with E-state index < -0.39 is 0 Å². The Kier molecular flexibility index (Phi) is 42.8. The number of nitrogens with zero attached hydrogens (tertiary/aromatic N) is 1. The van der Waals surface area contributed by atoms with Crippen molar-refractivity contribution in [1.82, 2.24) is 10.2 Å². The normalized spacial score (nSPS) is 13.7. The lowest BCUT2D eigenvalue weighted by Gasteiger charge is -2.19. The van der Waals surface area contributed by atoms with E-state index in [1.54, 1.807) is 0 Å². The largest absolute Gasteiger partial charge is 0.465 e. The van der Waals surface area contributed by atoms with Crippen molar-refractivity contribution >= 4 is 17.9 Å². The lowest BCUT2D eigenvalue weighted by molar-refractivity contribution is -0.151. The van der Waals surface area contributed by atoms with E-state index in [9.17, 15) is 14.4 Å². The fourth-order valence-corrected chi connectivity index (χ4v) is 8.52. The molecule has 1 aliphatic heterocycles. The van der Waals surface area contributed by atoms with Gasteiger partial charge in [-0.1, -0.05) is 161 Å². The first-order valence-corrected chi connectivity index (χ1v) is 27.1. The Hall–Kier alpha value is -1.93. The third-order valence-corrected chi connectivity index (χ3v) is 12.6. The molecule has 62 heavy (non-hydrogen) atoms. The topological polar surface area (TPSA) is 94.2 Å². The summed E-state index contributed by atoms with van der Waals surface area (Å²) in [6.45, 7) is 12.4. The number of esters is 3. The van der Waals surface area contributed by atoms with Crippen molar-refractivity contribution in [3.63, 3.8) is 0 Å². The summed E-state index contributed by atoms with van der Waals surface area (Å²) < 4.78 is 17.4. The van der Waals surface area contributed by atoms with E-state index in [1.807, 2.05) is 0 Å². The molecular weight excluding hydrogens is 773 g/mol. The lowest BCUT2D eigenvalue weighted by Crippen LogP contribution is -2.33. The molecule has 0 amide bonds. The summed E-state index contributed by atoms with van der Waals surface area (Å²) in [6.07, 6.45) is 46.1. The van der Waals surface area contributed by atoms with Gasteiger partial charge in [0.1, 0.15) is 6.10 Å². The Morgan fingerprint density at radius 1 is 0.500 bits per heavy atom. The van der Waals surface area contributed by atoms with E-state index in [4.69, 9.17) is 14.2 Å². The predicted molar refractivity (Wildman–Crippen MR) is 262 cm³/mol. The van der Waals surface area contributed by atoms with Gasteiger partial charge in [0.2, 0.25) is 0 Å². The predicted octanol–water partition coefficient (Wildman–Crippen LogP) is 14.6. The van der Waals surface area contributed by atoms with Gasteiger partial charge < -0.3 is 24.4 Å². The van der Waals surface area contributed by atoms with Crippen molar-refractivity contribution in [3.8, 4) is 0 Å². The summed E-state index contributed by atoms with van der Waals surface area (Å²) in [7, 11) is 0. The molecule has 8 heteroatoms. The molecule has 0 spiro atoms. The Balaban J connectivity index is 2.30. The second-order valence-corrected chi connectivity index (χ2v) is 18.8. The Labute approximate surface area is 384 Å². The summed E-state index contributed by atoms with van der Waals surface area (Å²) in [6, 6.07) is 0. The zero-order valence-electron chi connectivity index (χ0n) is 41.3. The zero-order chi connectivity index (χ0) is 44.8. The van der Waals surface area contributed by atoms with Crippen LogP contribution in [-0.2, 0) is 28.6 Å². The molecular formula is C54H102N2O6. The van der Waals surface area contributed by atoms with Gasteiger partial charge in [0.25, 0.3) is 0 Å². The number of unbranched alkanes of at least 4 members (excludes halogenated alkanes) is 24. The van der Waals surface area contributed by atoms with Crippen LogP contribution >= 0.6 is 0 Å². The van der Waals surface area contributed by atoms with E-state index in [0.29, 0.717) is 25.8 Å². The van der Waals surface area contributed by atoms with Crippen LogP contribution in [0.15, 0.2) is 12.2 Å². The molecule has 0 aromatic carbocycles. The summed E-state index contributed by atoms with van der Waals surface area (Å²) in [5.74, 6) is -0.477. The van der Waals surface area contributed by atoms with Crippen molar-refractivity contribution in [2.24, 2.45) is 5.92 Å². The van der Waals surface area contributed by atoms with Crippen molar-refractivity contribution in [3.05, 3.63) is 12.2 Å². The second kappa shape index (κ2) is 45.6. The molecule has 0 radical (unpaired) electrons. The molecule has 1 aliphatic rings. The number of hydrogen-bond donors (Lipinski definition) is 1. The minimum absolute atomic E-state index is 0.0593. The number of carbonyl (C=O) groups excluding carboxylic acids is 3. The van der Waals surface area contributed by atoms with E-state index >= 15 is 0 Å². The van der Waals surface area contributed by atoms with E-state index in [2.05, 4.69) is 43.1 Å². The van der Waals surface area contributed by atoms with Gasteiger partial charge in [-0.15, -0.1) is 0 Å². The van der Waals surface area contributed by atoms with Gasteiger partial charge in [-0.05, 0) is 116 Å². The minimum Gasteiger partial charge on any atom is -0.465 e. The average Bonchev–Trinajstić information content (AvgIpc) is 3.80. The van der Waals surface area contributed by atoms with Gasteiger partial charge >= 0.3 is 17.9 Å². The molecule has 1 rings (SSSR count). The molecule has 1 heterocycles. The number of hydrogen-bond acceptors (Lipinski definition) is 8. The van der Waals surface area contributed by atoms with Crippen LogP contribution in [-0.4, -0.2) is 74.8 Å². The van der Waals surface area contributed by atoms with Gasteiger partial charge in [-0.2, -0.15) is 0 Å². The molecule has 0 aromatic rings. The molecule has 8 nitrogen and oxygen atoms in total. The first-order chi connectivity index (χ1) is 30.5. The molecule has 364 valence electrons. The quantitative estimate of drug-likeness (QED) is 0.0280. The van der Waals surface area contributed by atoms with Crippen LogP contribution in [0.25, 0.3) is 0 Å². The van der Waals surface area contributed by atoms with Crippen LogP contribution in [0.5, 0.6) is 0 Å². The number of rotatable bonds is 47. The molecule has 0 saturated carbocycles. The summed E-state index contributed by atoms with van der Waals surface area (Å²) in [4.78, 5) is 40.7. The number of allylic oxidation sites excluding steroid dienone is 2. The minimum atomic E-state index is -0.199. The van der Waals surface area contributed by atoms with Gasteiger partial charge in [0, 0.05) is 31.7 Å². The summed E-state index contributed by atoms with van der Waals surface area (Å²) in [5.41, 5.74) is 0. The molecule has 0 aromatic heterocycles. The first-order valence-electron chi connectivity index (χ1n) is 27.1. The third kappa shape index (κ3) is 39.6. The molecule has 1 fully saturated rings. The highest BCUT2D eigenvalue weighted by Crippen LogP contribution is 2.19. The Bertz CT molecular complexity index is 1010. The maximum Gasteiger partial charge on any atom is 0.306 e. The molecule has 0 aliphatic carbocycles. The summed E-state index contributed by atoms with van der Waals surface area (Å²) in [5, 5.41) is 3.53. The van der Waals surface area contributed by atoms with Crippen LogP contribution in [0.2, 0.25) is 0 Å². The smallest absolute Gasteiger partial charge is 0.306 e. The van der Waals surface area contributed by atoms with Gasteiger partial charge in [-0.3, -0.25) is 14.4 Å². The molecule has 0 bridgehead atoms. The standard InChI is InChI=1S/C54H102N2O6/c1-4-7-10-13-16-17-18-19-20-21-22-23-24-27-32-40-52(57)60-48-50(47-55-43-37-46-56-44-35-36-45-56)49-61-53(58)41-33-28-29-34-42-54(59)62-51(38-30-25-14-11-8-5-2)39-31-26-15-12-9-6-3/h19-20,50-51,55H,4-18,21-49H2,1-3H3/b20-19-. The molecule has 1 N–H and O–H groups in total. The van der Waals surface area contributed by atoms with Gasteiger partial charge in [0.15, 0.2) is 0 Å². The SMILES string of the molecule is CCCCCCCC/C=C\CCCCCCCC(=O)OCC(CNCCCN1CCCC1)COC(=O)CCCCCCC(=O)OC(CCCCCCCC)CCCCCCCC. The van der Waals surface area contributed by atoms with E-state index in [1.165, 1.54) is 148 Å². The molecule has 1 unspecified atom stereocenters. The van der Waals surface area contributed by atoms with Crippen LogP contribution < -0.4 is 5.32 Å². The fourth-order valence-electron chi connectivity index (χ4n) is 8.52. The highest BCUT2D eigenvalue weighted by atomic mass is 16.5. The first kappa shape index (κ1) is 58.1. The Morgan fingerprint density at radius 2 is 0.903 bits per heavy atom. The van der Waals surface area contributed by atoms with E-state index in [-0.39, 0.29) is 43.1 Å². The number of likely N-dealkylation sites (tertiary alicyclic amines) is 1. The van der Waals surface area contributed by atoms with Crippen molar-refractivity contribution in [1.29, 1.82) is 0 Å². The number of ether oxygens (including phenoxy) is 3. The third-order valence-electron chi connectivity index (χ3n) is 12.6. The lowest BCUT2D eigenvalue weighted by atomic mass is 10.0. The Morgan fingerprint density at radius 3 is 1.37 bits per heavy atom. The number of nitrogens with one attached hydrogen (secondary N) is 1. The highest BCUT2D eigenvalue weighted by molar-refractivity contribution is 5.70.